The van der Waals surface area contributed by atoms with Crippen LogP contribution in [0.25, 0.3) is 0 Å². The summed E-state index contributed by atoms with van der Waals surface area (Å²) >= 11 is 0. The number of sulfone groups is 1. The summed E-state index contributed by atoms with van der Waals surface area (Å²) in [6, 6.07) is 3.99. The number of carbonyl (C=O) groups excluding carboxylic acids is 3. The van der Waals surface area contributed by atoms with Gasteiger partial charge in [-0.05, 0) is 36.8 Å². The topological polar surface area (TPSA) is 119 Å². The number of anilines is 1. The lowest BCUT2D eigenvalue weighted by Crippen LogP contribution is -2.38. The zero-order valence-electron chi connectivity index (χ0n) is 18.8. The van der Waals surface area contributed by atoms with Crippen molar-refractivity contribution in [2.45, 2.75) is 26.5 Å². The zero-order chi connectivity index (χ0) is 26.1. The number of alkyl halides is 2. The number of nitrogens with one attached hydrogen (secondary N) is 1. The lowest BCUT2D eigenvalue weighted by atomic mass is 10.1. The van der Waals surface area contributed by atoms with Gasteiger partial charge in [-0.2, -0.15) is 8.78 Å². The number of halogens is 3. The van der Waals surface area contributed by atoms with Gasteiger partial charge in [-0.3, -0.25) is 19.3 Å². The molecule has 188 valence electrons. The van der Waals surface area contributed by atoms with E-state index in [1.165, 1.54) is 12.1 Å². The van der Waals surface area contributed by atoms with Gasteiger partial charge in [0.2, 0.25) is 5.91 Å². The van der Waals surface area contributed by atoms with Crippen LogP contribution >= 0.6 is 0 Å². The van der Waals surface area contributed by atoms with Crippen LogP contribution in [0, 0.1) is 5.82 Å². The number of imide groups is 1. The van der Waals surface area contributed by atoms with Gasteiger partial charge < -0.3 is 14.8 Å². The van der Waals surface area contributed by atoms with Crippen LogP contribution in [0.15, 0.2) is 30.3 Å². The summed E-state index contributed by atoms with van der Waals surface area (Å²) in [6.45, 7) is -0.403. The molecule has 0 spiro atoms. The van der Waals surface area contributed by atoms with E-state index >= 15 is 0 Å². The number of hydrogen-bond acceptors (Lipinski definition) is 7. The lowest BCUT2D eigenvalue weighted by molar-refractivity contribution is -0.114. The van der Waals surface area contributed by atoms with Gasteiger partial charge >= 0.3 is 6.61 Å². The van der Waals surface area contributed by atoms with Crippen LogP contribution in [0.4, 0.5) is 18.9 Å². The van der Waals surface area contributed by atoms with Crippen molar-refractivity contribution < 1.29 is 45.4 Å². The molecule has 2 aromatic carbocycles. The second-order valence-electron chi connectivity index (χ2n) is 7.63. The molecule has 13 heteroatoms. The molecule has 0 fully saturated rings. The highest BCUT2D eigenvalue weighted by molar-refractivity contribution is 7.90. The maximum absolute atomic E-state index is 14.6. The number of fused-ring (bicyclic) bond motifs is 1. The van der Waals surface area contributed by atoms with E-state index < -0.39 is 62.9 Å². The highest BCUT2D eigenvalue weighted by atomic mass is 32.2. The smallest absolute Gasteiger partial charge is 0.387 e. The Morgan fingerprint density at radius 3 is 2.31 bits per heavy atom. The third kappa shape index (κ3) is 5.56. The first-order valence-electron chi connectivity index (χ1n) is 10.2. The number of benzene rings is 2. The molecule has 0 bridgehead atoms. The van der Waals surface area contributed by atoms with E-state index in [0.717, 1.165) is 31.4 Å². The second-order valence-corrected chi connectivity index (χ2v) is 9.82. The van der Waals surface area contributed by atoms with Gasteiger partial charge in [-0.1, -0.05) is 6.07 Å². The van der Waals surface area contributed by atoms with Gasteiger partial charge in [0.05, 0.1) is 35.2 Å². The van der Waals surface area contributed by atoms with Crippen LogP contribution in [-0.2, 0) is 14.6 Å². The standard InChI is InChI=1S/C22H21F3N2O7S/c1-4-33-17-9-12(5-8-16(17)34-22(24)25)15(10-35(3,31)32)27-20(29)18-13(23)6-7-14(26-11(2)28)19(18)21(27)30/h5-9,15,22H,4,10H2,1-3H3,(H,26,28). The molecule has 0 saturated carbocycles. The van der Waals surface area contributed by atoms with E-state index in [9.17, 15) is 36.0 Å². The minimum atomic E-state index is -3.84. The summed E-state index contributed by atoms with van der Waals surface area (Å²) in [5.41, 5.74) is -1.13. The highest BCUT2D eigenvalue weighted by Crippen LogP contribution is 2.39. The summed E-state index contributed by atoms with van der Waals surface area (Å²) in [4.78, 5) is 38.6. The first kappa shape index (κ1) is 26.0. The fourth-order valence-corrected chi connectivity index (χ4v) is 4.63. The normalized spacial score (nSPS) is 14.2. The van der Waals surface area contributed by atoms with E-state index in [4.69, 9.17) is 4.74 Å². The number of carbonyl (C=O) groups is 3. The molecule has 0 aromatic heterocycles. The Bertz CT molecular complexity index is 1300. The predicted octanol–water partition coefficient (Wildman–Crippen LogP) is 3.17. The molecular formula is C22H21F3N2O7S. The van der Waals surface area contributed by atoms with E-state index in [0.29, 0.717) is 4.90 Å². The number of hydrogen-bond donors (Lipinski definition) is 1. The fraction of sp³-hybridized carbons (Fsp3) is 0.318. The molecule has 3 amide bonds. The largest absolute Gasteiger partial charge is 0.490 e. The molecule has 1 N–H and O–H groups in total. The molecule has 1 aliphatic rings. The van der Waals surface area contributed by atoms with Crippen molar-refractivity contribution in [2.24, 2.45) is 0 Å². The number of nitrogens with zero attached hydrogens (tertiary/aromatic N) is 1. The summed E-state index contributed by atoms with van der Waals surface area (Å²) in [6.07, 6.45) is 0.874. The van der Waals surface area contributed by atoms with Gasteiger partial charge in [0.15, 0.2) is 11.5 Å². The Morgan fingerprint density at radius 1 is 1.09 bits per heavy atom. The number of amides is 3. The van der Waals surface area contributed by atoms with Crippen LogP contribution < -0.4 is 14.8 Å². The lowest BCUT2D eigenvalue weighted by Gasteiger charge is -2.27. The Morgan fingerprint density at radius 2 is 1.74 bits per heavy atom. The third-order valence-corrected chi connectivity index (χ3v) is 5.89. The van der Waals surface area contributed by atoms with Crippen molar-refractivity contribution in [3.8, 4) is 11.5 Å². The van der Waals surface area contributed by atoms with Gasteiger partial charge in [0.1, 0.15) is 15.7 Å². The molecule has 35 heavy (non-hydrogen) atoms. The average molecular weight is 514 g/mol. The predicted molar refractivity (Wildman–Crippen MR) is 118 cm³/mol. The van der Waals surface area contributed by atoms with E-state index in [1.54, 1.807) is 6.92 Å². The monoisotopic (exact) mass is 514 g/mol. The SMILES string of the molecule is CCOc1cc(C(CS(C)(=O)=O)N2C(=O)c3c(F)ccc(NC(C)=O)c3C2=O)ccc1OC(F)F. The minimum absolute atomic E-state index is 0.0384. The van der Waals surface area contributed by atoms with Crippen molar-refractivity contribution in [2.75, 3.05) is 23.9 Å². The molecule has 1 heterocycles. The van der Waals surface area contributed by atoms with Crippen LogP contribution in [-0.4, -0.2) is 56.3 Å². The van der Waals surface area contributed by atoms with Crippen LogP contribution in [0.1, 0.15) is 46.2 Å². The molecule has 0 aliphatic carbocycles. The van der Waals surface area contributed by atoms with Crippen molar-refractivity contribution in [3.05, 3.63) is 52.8 Å². The Balaban J connectivity index is 2.16. The molecule has 3 rings (SSSR count). The quantitative estimate of drug-likeness (QED) is 0.511. The molecule has 1 unspecified atom stereocenters. The van der Waals surface area contributed by atoms with E-state index in [-0.39, 0.29) is 29.4 Å². The maximum atomic E-state index is 14.6. The van der Waals surface area contributed by atoms with E-state index in [1.807, 2.05) is 0 Å². The van der Waals surface area contributed by atoms with Crippen LogP contribution in [0.2, 0.25) is 0 Å². The summed E-state index contributed by atoms with van der Waals surface area (Å²) in [7, 11) is -3.84. The molecule has 0 radical (unpaired) electrons. The van der Waals surface area contributed by atoms with Gasteiger partial charge in [0, 0.05) is 13.2 Å². The van der Waals surface area contributed by atoms with Crippen LogP contribution in [0.3, 0.4) is 0 Å². The second kappa shape index (κ2) is 9.94. The zero-order valence-corrected chi connectivity index (χ0v) is 19.6. The molecule has 2 aromatic rings. The molecular weight excluding hydrogens is 493 g/mol. The Kier molecular flexibility index (Phi) is 7.38. The minimum Gasteiger partial charge on any atom is -0.490 e. The van der Waals surface area contributed by atoms with Crippen molar-refractivity contribution in [1.82, 2.24) is 4.90 Å². The number of ether oxygens (including phenoxy) is 2. The molecule has 1 atom stereocenters. The summed E-state index contributed by atoms with van der Waals surface area (Å²) < 4.78 is 74.3. The summed E-state index contributed by atoms with van der Waals surface area (Å²) in [5, 5.41) is 2.35. The Hall–Kier alpha value is -3.61. The molecule has 9 nitrogen and oxygen atoms in total. The average Bonchev–Trinajstić information content (AvgIpc) is 3.00. The highest BCUT2D eigenvalue weighted by Gasteiger charge is 2.45. The van der Waals surface area contributed by atoms with Gasteiger partial charge in [-0.15, -0.1) is 0 Å². The molecule has 1 aliphatic heterocycles. The fourth-order valence-electron chi connectivity index (χ4n) is 3.72. The first-order valence-corrected chi connectivity index (χ1v) is 12.3. The van der Waals surface area contributed by atoms with Gasteiger partial charge in [0.25, 0.3) is 11.8 Å². The van der Waals surface area contributed by atoms with Crippen LogP contribution in [0.5, 0.6) is 11.5 Å². The van der Waals surface area contributed by atoms with Crippen molar-refractivity contribution in [1.29, 1.82) is 0 Å². The molecule has 0 saturated heterocycles. The third-order valence-electron chi connectivity index (χ3n) is 4.97. The van der Waals surface area contributed by atoms with Gasteiger partial charge in [-0.25, -0.2) is 12.8 Å². The van der Waals surface area contributed by atoms with Crippen molar-refractivity contribution >= 4 is 33.2 Å². The number of rotatable bonds is 9. The first-order chi connectivity index (χ1) is 16.3. The summed E-state index contributed by atoms with van der Waals surface area (Å²) in [5.74, 6) is -5.04. The Labute approximate surface area is 198 Å². The maximum Gasteiger partial charge on any atom is 0.387 e. The van der Waals surface area contributed by atoms with Crippen molar-refractivity contribution in [3.63, 3.8) is 0 Å². The van der Waals surface area contributed by atoms with E-state index in [2.05, 4.69) is 10.1 Å².